The van der Waals surface area contributed by atoms with E-state index in [0.29, 0.717) is 11.1 Å². The van der Waals surface area contributed by atoms with Gasteiger partial charge in [-0.25, -0.2) is 17.6 Å². The molecule has 0 bridgehead atoms. The number of hydrogen-bond acceptors (Lipinski definition) is 0. The number of halogens is 4. The Morgan fingerprint density at radius 3 is 2.00 bits per heavy atom. The van der Waals surface area contributed by atoms with Crippen LogP contribution in [0.1, 0.15) is 18.9 Å². The predicted molar refractivity (Wildman–Crippen MR) is 109 cm³/mol. The molecule has 0 saturated heterocycles. The fraction of sp³-hybridized carbons (Fsp3) is 0.120. The van der Waals surface area contributed by atoms with Gasteiger partial charge in [0.05, 0.1) is 0 Å². The van der Waals surface area contributed by atoms with E-state index in [9.17, 15) is 17.6 Å². The maximum Gasteiger partial charge on any atom is 0.195 e. The molecule has 0 aromatic heterocycles. The molecule has 0 radical (unpaired) electrons. The second-order valence-electron chi connectivity index (χ2n) is 7.06. The molecule has 0 fully saturated rings. The van der Waals surface area contributed by atoms with Gasteiger partial charge in [-0.2, -0.15) is 0 Å². The van der Waals surface area contributed by atoms with Crippen molar-refractivity contribution < 1.29 is 17.6 Å². The lowest BCUT2D eigenvalue weighted by atomic mass is 9.97. The van der Waals surface area contributed by atoms with Crippen molar-refractivity contribution in [1.82, 2.24) is 0 Å². The highest BCUT2D eigenvalue weighted by Gasteiger charge is 2.15. The Hall–Kier alpha value is -3.14. The third-order valence-corrected chi connectivity index (χ3v) is 5.08. The van der Waals surface area contributed by atoms with E-state index in [1.165, 1.54) is 29.8 Å². The minimum absolute atomic E-state index is 0.0446. The summed E-state index contributed by atoms with van der Waals surface area (Å²) < 4.78 is 55.7. The first-order valence-corrected chi connectivity index (χ1v) is 9.44. The van der Waals surface area contributed by atoms with E-state index in [0.717, 1.165) is 30.0 Å². The van der Waals surface area contributed by atoms with Crippen molar-refractivity contribution in [3.05, 3.63) is 95.6 Å². The molecule has 0 atom stereocenters. The molecule has 0 nitrogen and oxygen atoms in total. The molecular formula is C25H18F4. The Morgan fingerprint density at radius 2 is 1.31 bits per heavy atom. The molecule has 4 aromatic rings. The number of fused-ring (bicyclic) bond motifs is 1. The third-order valence-electron chi connectivity index (χ3n) is 5.08. The summed E-state index contributed by atoms with van der Waals surface area (Å²) in [4.78, 5) is 0. The molecular weight excluding hydrogens is 376 g/mol. The molecule has 0 amide bonds. The monoisotopic (exact) mass is 394 g/mol. The molecule has 29 heavy (non-hydrogen) atoms. The van der Waals surface area contributed by atoms with Crippen LogP contribution in [0.2, 0.25) is 0 Å². The van der Waals surface area contributed by atoms with E-state index in [2.05, 4.69) is 6.92 Å². The molecule has 4 heteroatoms. The summed E-state index contributed by atoms with van der Waals surface area (Å²) in [6, 6.07) is 18.1. The van der Waals surface area contributed by atoms with Gasteiger partial charge < -0.3 is 0 Å². The summed E-state index contributed by atoms with van der Waals surface area (Å²) >= 11 is 0. The predicted octanol–water partition coefficient (Wildman–Crippen LogP) is 7.68. The van der Waals surface area contributed by atoms with Gasteiger partial charge in [0.25, 0.3) is 0 Å². The van der Waals surface area contributed by atoms with Gasteiger partial charge in [-0.15, -0.1) is 0 Å². The van der Waals surface area contributed by atoms with Crippen LogP contribution in [-0.2, 0) is 6.42 Å². The van der Waals surface area contributed by atoms with E-state index in [1.807, 2.05) is 30.3 Å². The normalized spacial score (nSPS) is 11.2. The smallest absolute Gasteiger partial charge is 0.195 e. The van der Waals surface area contributed by atoms with Gasteiger partial charge >= 0.3 is 0 Å². The van der Waals surface area contributed by atoms with Gasteiger partial charge in [0.1, 0.15) is 5.82 Å². The molecule has 0 unspecified atom stereocenters. The summed E-state index contributed by atoms with van der Waals surface area (Å²) in [5, 5.41) is 0.130. The van der Waals surface area contributed by atoms with Gasteiger partial charge in [-0.3, -0.25) is 0 Å². The number of aryl methyl sites for hydroxylation is 1. The highest BCUT2D eigenvalue weighted by molar-refractivity contribution is 5.88. The first kappa shape index (κ1) is 19.2. The number of hydrogen-bond donors (Lipinski definition) is 0. The second-order valence-corrected chi connectivity index (χ2v) is 7.06. The zero-order chi connectivity index (χ0) is 20.5. The van der Waals surface area contributed by atoms with Crippen LogP contribution in [-0.4, -0.2) is 0 Å². The largest absolute Gasteiger partial charge is 0.206 e. The standard InChI is InChI=1S/C25H18F4/c1-2-3-15-4-6-16(7-5-15)17-8-10-20(22(26)13-17)18-9-11-21-19(12-18)14-23(27)25(29)24(21)28/h4-14H,2-3H2,1H3. The van der Waals surface area contributed by atoms with E-state index >= 15 is 0 Å². The summed E-state index contributed by atoms with van der Waals surface area (Å²) in [6.07, 6.45) is 2.06. The fourth-order valence-electron chi connectivity index (χ4n) is 3.55. The average Bonchev–Trinajstić information content (AvgIpc) is 2.72. The Morgan fingerprint density at radius 1 is 0.621 bits per heavy atom. The minimum Gasteiger partial charge on any atom is -0.206 e. The summed E-state index contributed by atoms with van der Waals surface area (Å²) in [5.41, 5.74) is 3.66. The Kier molecular flexibility index (Phi) is 5.10. The third kappa shape index (κ3) is 3.63. The minimum atomic E-state index is -1.51. The lowest BCUT2D eigenvalue weighted by Crippen LogP contribution is -1.93. The molecule has 0 aliphatic carbocycles. The van der Waals surface area contributed by atoms with Crippen LogP contribution in [0.5, 0.6) is 0 Å². The van der Waals surface area contributed by atoms with Gasteiger partial charge in [0, 0.05) is 10.9 Å². The number of rotatable bonds is 4. The van der Waals surface area contributed by atoms with Crippen molar-refractivity contribution in [1.29, 1.82) is 0 Å². The zero-order valence-corrected chi connectivity index (χ0v) is 15.8. The maximum atomic E-state index is 14.8. The Bertz CT molecular complexity index is 1190. The Labute approximate surface area is 166 Å². The quantitative estimate of drug-likeness (QED) is 0.246. The molecule has 0 heterocycles. The topological polar surface area (TPSA) is 0 Å². The molecule has 4 aromatic carbocycles. The van der Waals surface area contributed by atoms with Gasteiger partial charge in [-0.05, 0) is 52.3 Å². The molecule has 146 valence electrons. The van der Waals surface area contributed by atoms with Crippen LogP contribution in [0.4, 0.5) is 17.6 Å². The zero-order valence-electron chi connectivity index (χ0n) is 15.8. The lowest BCUT2D eigenvalue weighted by Gasteiger charge is -2.10. The average molecular weight is 394 g/mol. The Balaban J connectivity index is 1.71. The van der Waals surface area contributed by atoms with Crippen LogP contribution in [0.25, 0.3) is 33.0 Å². The highest BCUT2D eigenvalue weighted by atomic mass is 19.2. The number of benzene rings is 4. The SMILES string of the molecule is CCCc1ccc(-c2ccc(-c3ccc4c(F)c(F)c(F)cc4c3)c(F)c2)cc1. The fourth-order valence-corrected chi connectivity index (χ4v) is 3.55. The first-order chi connectivity index (χ1) is 14.0. The maximum absolute atomic E-state index is 14.8. The van der Waals surface area contributed by atoms with Crippen LogP contribution in [0, 0.1) is 23.3 Å². The molecule has 0 saturated carbocycles. The van der Waals surface area contributed by atoms with Gasteiger partial charge in [0.2, 0.25) is 0 Å². The molecule has 0 spiro atoms. The van der Waals surface area contributed by atoms with E-state index < -0.39 is 23.3 Å². The van der Waals surface area contributed by atoms with Crippen LogP contribution < -0.4 is 0 Å². The van der Waals surface area contributed by atoms with E-state index in [1.54, 1.807) is 6.07 Å². The highest BCUT2D eigenvalue weighted by Crippen LogP contribution is 2.32. The van der Waals surface area contributed by atoms with Crippen molar-refractivity contribution in [2.75, 3.05) is 0 Å². The summed E-state index contributed by atoms with van der Waals surface area (Å²) in [5.74, 6) is -4.46. The van der Waals surface area contributed by atoms with Crippen LogP contribution >= 0.6 is 0 Å². The molecule has 0 aliphatic rings. The molecule has 0 N–H and O–H groups in total. The van der Waals surface area contributed by atoms with Crippen LogP contribution in [0.3, 0.4) is 0 Å². The van der Waals surface area contributed by atoms with Crippen LogP contribution in [0.15, 0.2) is 66.7 Å². The molecule has 0 aliphatic heterocycles. The van der Waals surface area contributed by atoms with Crippen molar-refractivity contribution >= 4 is 10.8 Å². The van der Waals surface area contributed by atoms with E-state index in [4.69, 9.17) is 0 Å². The summed E-state index contributed by atoms with van der Waals surface area (Å²) in [6.45, 7) is 2.12. The van der Waals surface area contributed by atoms with Gasteiger partial charge in [0.15, 0.2) is 17.5 Å². The van der Waals surface area contributed by atoms with Gasteiger partial charge in [-0.1, -0.05) is 61.9 Å². The lowest BCUT2D eigenvalue weighted by molar-refractivity contribution is 0.453. The first-order valence-electron chi connectivity index (χ1n) is 9.44. The second kappa shape index (κ2) is 7.70. The van der Waals surface area contributed by atoms with Crippen molar-refractivity contribution in [3.63, 3.8) is 0 Å². The van der Waals surface area contributed by atoms with Crippen molar-refractivity contribution in [2.24, 2.45) is 0 Å². The summed E-state index contributed by atoms with van der Waals surface area (Å²) in [7, 11) is 0. The molecule has 4 rings (SSSR count). The van der Waals surface area contributed by atoms with E-state index in [-0.39, 0.29) is 10.8 Å². The van der Waals surface area contributed by atoms with Crippen molar-refractivity contribution in [2.45, 2.75) is 19.8 Å². The van der Waals surface area contributed by atoms with Crippen molar-refractivity contribution in [3.8, 4) is 22.3 Å².